The monoisotopic (exact) mass is 267 g/mol. The van der Waals surface area contributed by atoms with Gasteiger partial charge in [0.05, 0.1) is 29.4 Å². The maximum atomic E-state index is 11.0. The third-order valence-corrected chi connectivity index (χ3v) is 2.80. The van der Waals surface area contributed by atoms with E-state index in [1.54, 1.807) is 13.8 Å². The fourth-order valence-electron chi connectivity index (χ4n) is 1.78. The van der Waals surface area contributed by atoms with Gasteiger partial charge >= 0.3 is 0 Å². The second-order valence-electron chi connectivity index (χ2n) is 4.78. The first-order chi connectivity index (χ1) is 8.93. The van der Waals surface area contributed by atoms with E-state index in [-0.39, 0.29) is 10.6 Å². The van der Waals surface area contributed by atoms with Crippen LogP contribution in [0, 0.1) is 24.0 Å². The molecule has 0 unspecified atom stereocenters. The van der Waals surface area contributed by atoms with E-state index in [2.05, 4.69) is 24.1 Å². The van der Waals surface area contributed by atoms with E-state index in [0.717, 1.165) is 6.54 Å². The third-order valence-electron chi connectivity index (χ3n) is 2.80. The molecule has 6 nitrogen and oxygen atoms in total. The lowest BCUT2D eigenvalue weighted by molar-refractivity contribution is -0.386. The molecule has 1 heterocycles. The lowest BCUT2D eigenvalue weighted by Crippen LogP contribution is -2.26. The molecule has 0 saturated carbocycles. The summed E-state index contributed by atoms with van der Waals surface area (Å²) in [4.78, 5) is 14.8. The molecular formula is C13H21N3O3. The molecule has 19 heavy (non-hydrogen) atoms. The molecule has 0 amide bonds. The number of hydrogen-bond donors (Lipinski definition) is 1. The Morgan fingerprint density at radius 2 is 2.16 bits per heavy atom. The van der Waals surface area contributed by atoms with Crippen LogP contribution in [0.1, 0.15) is 30.7 Å². The van der Waals surface area contributed by atoms with Crippen molar-refractivity contribution in [2.45, 2.75) is 40.3 Å². The summed E-state index contributed by atoms with van der Waals surface area (Å²) in [7, 11) is 0. The number of hydrogen-bond acceptors (Lipinski definition) is 5. The zero-order valence-corrected chi connectivity index (χ0v) is 11.9. The van der Waals surface area contributed by atoms with Gasteiger partial charge in [0.15, 0.2) is 0 Å². The van der Waals surface area contributed by atoms with Gasteiger partial charge in [0.25, 0.3) is 5.69 Å². The molecule has 1 aromatic heterocycles. The van der Waals surface area contributed by atoms with Gasteiger partial charge in [-0.2, -0.15) is 0 Å². The molecule has 6 heteroatoms. The smallest absolute Gasteiger partial charge is 0.278 e. The van der Waals surface area contributed by atoms with E-state index in [1.807, 2.05) is 0 Å². The largest absolute Gasteiger partial charge is 0.374 e. The molecule has 0 aliphatic rings. The summed E-state index contributed by atoms with van der Waals surface area (Å²) in [6.07, 6.45) is 1.52. The average Bonchev–Trinajstić information content (AvgIpc) is 2.30. The van der Waals surface area contributed by atoms with Crippen molar-refractivity contribution in [2.75, 3.05) is 13.2 Å². The van der Waals surface area contributed by atoms with Gasteiger partial charge in [0, 0.05) is 24.3 Å². The molecule has 106 valence electrons. The maximum absolute atomic E-state index is 11.0. The van der Waals surface area contributed by atoms with Gasteiger partial charge in [-0.1, -0.05) is 13.8 Å². The van der Waals surface area contributed by atoms with Gasteiger partial charge in [0.2, 0.25) is 0 Å². The molecule has 0 spiro atoms. The van der Waals surface area contributed by atoms with E-state index in [9.17, 15) is 10.1 Å². The minimum atomic E-state index is -0.365. The summed E-state index contributed by atoms with van der Waals surface area (Å²) in [5.41, 5.74) is 1.92. The standard InChI is InChI=1S/C13H21N3O3/c1-9(2)14-5-6-19-8-12-11(4)13(16(17)18)10(3)7-15-12/h7,9,14H,5-6,8H2,1-4H3. The molecule has 0 fully saturated rings. The van der Waals surface area contributed by atoms with Crippen molar-refractivity contribution in [3.63, 3.8) is 0 Å². The van der Waals surface area contributed by atoms with Crippen LogP contribution in [0.5, 0.6) is 0 Å². The fraction of sp³-hybridized carbons (Fsp3) is 0.615. The summed E-state index contributed by atoms with van der Waals surface area (Å²) in [5.74, 6) is 0. The topological polar surface area (TPSA) is 77.3 Å². The minimum absolute atomic E-state index is 0.133. The number of ether oxygens (including phenoxy) is 1. The van der Waals surface area contributed by atoms with Crippen molar-refractivity contribution in [3.8, 4) is 0 Å². The lowest BCUT2D eigenvalue weighted by atomic mass is 10.1. The molecule has 0 aliphatic heterocycles. The summed E-state index contributed by atoms with van der Waals surface area (Å²) in [6.45, 7) is 9.14. The molecular weight excluding hydrogens is 246 g/mol. The van der Waals surface area contributed by atoms with Gasteiger partial charge in [-0.05, 0) is 13.8 Å². The van der Waals surface area contributed by atoms with E-state index in [4.69, 9.17) is 4.74 Å². The van der Waals surface area contributed by atoms with Gasteiger partial charge in [-0.3, -0.25) is 15.1 Å². The predicted octanol–water partition coefficient (Wildman–Crippen LogP) is 2.12. The van der Waals surface area contributed by atoms with Gasteiger partial charge in [-0.25, -0.2) is 0 Å². The van der Waals surface area contributed by atoms with Gasteiger partial charge in [0.1, 0.15) is 0 Å². The first-order valence-corrected chi connectivity index (χ1v) is 6.34. The summed E-state index contributed by atoms with van der Waals surface area (Å²) >= 11 is 0. The van der Waals surface area contributed by atoms with Crippen molar-refractivity contribution >= 4 is 5.69 Å². The Hall–Kier alpha value is -1.53. The Kier molecular flexibility index (Phi) is 5.85. The van der Waals surface area contributed by atoms with Crippen LogP contribution in [0.3, 0.4) is 0 Å². The van der Waals surface area contributed by atoms with Crippen LogP contribution >= 0.6 is 0 Å². The van der Waals surface area contributed by atoms with Crippen LogP contribution in [0.25, 0.3) is 0 Å². The van der Waals surface area contributed by atoms with Crippen LogP contribution in [-0.2, 0) is 11.3 Å². The average molecular weight is 267 g/mol. The number of nitrogens with one attached hydrogen (secondary N) is 1. The Morgan fingerprint density at radius 3 is 2.74 bits per heavy atom. The fourth-order valence-corrected chi connectivity index (χ4v) is 1.78. The van der Waals surface area contributed by atoms with E-state index >= 15 is 0 Å². The minimum Gasteiger partial charge on any atom is -0.374 e. The number of nitro groups is 1. The number of nitrogens with zero attached hydrogens (tertiary/aromatic N) is 2. The molecule has 0 bridgehead atoms. The van der Waals surface area contributed by atoms with Crippen LogP contribution in [0.2, 0.25) is 0 Å². The third kappa shape index (κ3) is 4.57. The Bertz CT molecular complexity index is 447. The molecule has 0 atom stereocenters. The van der Waals surface area contributed by atoms with E-state index in [0.29, 0.717) is 36.1 Å². The highest BCUT2D eigenvalue weighted by molar-refractivity contribution is 5.47. The molecule has 1 N–H and O–H groups in total. The molecule has 0 saturated heterocycles. The van der Waals surface area contributed by atoms with Crippen molar-refractivity contribution in [2.24, 2.45) is 0 Å². The van der Waals surface area contributed by atoms with Gasteiger partial charge < -0.3 is 10.1 Å². The highest BCUT2D eigenvalue weighted by Gasteiger charge is 2.18. The molecule has 0 radical (unpaired) electrons. The first kappa shape index (κ1) is 15.5. The molecule has 0 aromatic carbocycles. The van der Waals surface area contributed by atoms with Crippen LogP contribution in [0.4, 0.5) is 5.69 Å². The second kappa shape index (κ2) is 7.16. The lowest BCUT2D eigenvalue weighted by Gasteiger charge is -2.10. The number of aryl methyl sites for hydroxylation is 1. The summed E-state index contributed by atoms with van der Waals surface area (Å²) in [5, 5.41) is 14.2. The van der Waals surface area contributed by atoms with Crippen molar-refractivity contribution in [1.82, 2.24) is 10.3 Å². The van der Waals surface area contributed by atoms with Crippen molar-refractivity contribution in [1.29, 1.82) is 0 Å². The highest BCUT2D eigenvalue weighted by atomic mass is 16.6. The second-order valence-corrected chi connectivity index (χ2v) is 4.78. The summed E-state index contributed by atoms with van der Waals surface area (Å²) < 4.78 is 5.48. The van der Waals surface area contributed by atoms with Gasteiger partial charge in [-0.15, -0.1) is 0 Å². The SMILES string of the molecule is Cc1cnc(COCCNC(C)C)c(C)c1[N+](=O)[O-]. The van der Waals surface area contributed by atoms with Crippen LogP contribution in [-0.4, -0.2) is 29.1 Å². The number of rotatable bonds is 7. The van der Waals surface area contributed by atoms with Crippen LogP contribution in [0.15, 0.2) is 6.20 Å². The van der Waals surface area contributed by atoms with Crippen LogP contribution < -0.4 is 5.32 Å². The quantitative estimate of drug-likeness (QED) is 0.465. The zero-order valence-electron chi connectivity index (χ0n) is 11.9. The maximum Gasteiger partial charge on any atom is 0.278 e. The summed E-state index contributed by atoms with van der Waals surface area (Å²) in [6, 6.07) is 0.420. The first-order valence-electron chi connectivity index (χ1n) is 6.34. The molecule has 1 rings (SSSR count). The normalized spacial score (nSPS) is 11.0. The van der Waals surface area contributed by atoms with Crippen molar-refractivity contribution < 1.29 is 9.66 Å². The highest BCUT2D eigenvalue weighted by Crippen LogP contribution is 2.24. The molecule has 0 aliphatic carbocycles. The zero-order chi connectivity index (χ0) is 14.4. The Labute approximate surface area is 113 Å². The Morgan fingerprint density at radius 1 is 1.47 bits per heavy atom. The Balaban J connectivity index is 2.60. The predicted molar refractivity (Wildman–Crippen MR) is 73.2 cm³/mol. The number of aromatic nitrogens is 1. The van der Waals surface area contributed by atoms with E-state index < -0.39 is 0 Å². The number of pyridine rings is 1. The van der Waals surface area contributed by atoms with E-state index in [1.165, 1.54) is 6.20 Å². The molecule has 1 aromatic rings. The van der Waals surface area contributed by atoms with Crippen molar-refractivity contribution in [3.05, 3.63) is 33.1 Å².